The molecule has 2 aromatic carbocycles. The van der Waals surface area contributed by atoms with Gasteiger partial charge in [-0.3, -0.25) is 0 Å². The molecular weight excluding hydrogens is 397 g/mol. The minimum Gasteiger partial charge on any atom is -0.380 e. The third-order valence-electron chi connectivity index (χ3n) is 3.51. The zero-order valence-electron chi connectivity index (χ0n) is 14.7. The molecule has 3 heteroatoms. The minimum absolute atomic E-state index is 0.668. The normalized spacial score (nSPS) is 10.0. The lowest BCUT2D eigenvalue weighted by Crippen LogP contribution is -2.25. The van der Waals surface area contributed by atoms with Crippen LogP contribution in [0, 0.1) is 0 Å². The van der Waals surface area contributed by atoms with Crippen LogP contribution in [0.3, 0.4) is 0 Å². The second-order valence-electron chi connectivity index (χ2n) is 4.90. The molecule has 0 saturated heterocycles. The molecule has 0 aliphatic rings. The van der Waals surface area contributed by atoms with E-state index in [4.69, 9.17) is 0 Å². The van der Waals surface area contributed by atoms with Gasteiger partial charge in [-0.05, 0) is 35.6 Å². The van der Waals surface area contributed by atoms with E-state index in [9.17, 15) is 5.11 Å². The topological polar surface area (TPSA) is 32.3 Å². The number of hydrogen-bond donors (Lipinski definition) is 2. The molecular formula is C20H30INO. The van der Waals surface area contributed by atoms with Crippen molar-refractivity contribution in [1.82, 2.24) is 5.32 Å². The molecule has 2 N–H and O–H groups in total. The monoisotopic (exact) mass is 427 g/mol. The van der Waals surface area contributed by atoms with Crippen LogP contribution in [0.2, 0.25) is 0 Å². The van der Waals surface area contributed by atoms with Crippen LogP contribution in [0.15, 0.2) is 60.7 Å². The lowest BCUT2D eigenvalue weighted by atomic mass is 9.84. The minimum atomic E-state index is -0.872. The molecule has 2 nitrogen and oxygen atoms in total. The van der Waals surface area contributed by atoms with Crippen molar-refractivity contribution < 1.29 is 5.11 Å². The van der Waals surface area contributed by atoms with E-state index in [0.717, 1.165) is 24.2 Å². The number of rotatable bonds is 5. The van der Waals surface area contributed by atoms with Gasteiger partial charge in [-0.25, -0.2) is 0 Å². The number of halogens is 1. The standard InChI is InChI=1S/C15H16O.C4H11N.CH3I/c1-2-15(16,13-9-5-3-6-10-13)14-11-7-4-8-12-14;1-3-5-4-2;1-2/h3-12,16H,2H2,1H3;5H,3-4H2,1-2H3;1H3. The highest BCUT2D eigenvalue weighted by atomic mass is 127. The van der Waals surface area contributed by atoms with Crippen LogP contribution in [0.1, 0.15) is 38.3 Å². The third-order valence-corrected chi connectivity index (χ3v) is 3.51. The molecule has 0 atom stereocenters. The molecule has 0 radical (unpaired) electrons. The summed E-state index contributed by atoms with van der Waals surface area (Å²) in [5.41, 5.74) is 1.02. The molecule has 128 valence electrons. The molecule has 2 aromatic rings. The van der Waals surface area contributed by atoms with Crippen molar-refractivity contribution in [2.45, 2.75) is 32.8 Å². The van der Waals surface area contributed by atoms with E-state index >= 15 is 0 Å². The van der Waals surface area contributed by atoms with E-state index in [0.29, 0.717) is 6.42 Å². The van der Waals surface area contributed by atoms with Crippen LogP contribution in [0.5, 0.6) is 0 Å². The van der Waals surface area contributed by atoms with E-state index < -0.39 is 5.60 Å². The Morgan fingerprint density at radius 3 is 1.35 bits per heavy atom. The van der Waals surface area contributed by atoms with E-state index in [1.807, 2.05) is 72.5 Å². The SMILES string of the molecule is CCC(O)(c1ccccc1)c1ccccc1.CCNCC.CI. The first-order valence-corrected chi connectivity index (χ1v) is 10.3. The molecule has 0 aliphatic carbocycles. The third kappa shape index (κ3) is 7.46. The highest BCUT2D eigenvalue weighted by Gasteiger charge is 2.28. The molecule has 0 aromatic heterocycles. The maximum Gasteiger partial charge on any atom is 0.114 e. The summed E-state index contributed by atoms with van der Waals surface area (Å²) < 4.78 is 0. The van der Waals surface area contributed by atoms with Gasteiger partial charge in [0.15, 0.2) is 0 Å². The van der Waals surface area contributed by atoms with E-state index in [2.05, 4.69) is 41.8 Å². The first-order chi connectivity index (χ1) is 11.2. The Bertz CT molecular complexity index is 446. The van der Waals surface area contributed by atoms with Gasteiger partial charge in [-0.15, -0.1) is 0 Å². The van der Waals surface area contributed by atoms with Crippen LogP contribution in [-0.2, 0) is 5.60 Å². The second kappa shape index (κ2) is 13.5. The van der Waals surface area contributed by atoms with Crippen molar-refractivity contribution in [2.75, 3.05) is 18.0 Å². The summed E-state index contributed by atoms with van der Waals surface area (Å²) in [6, 6.07) is 19.6. The zero-order valence-corrected chi connectivity index (χ0v) is 16.9. The van der Waals surface area contributed by atoms with Crippen molar-refractivity contribution in [3.05, 3.63) is 71.8 Å². The van der Waals surface area contributed by atoms with Gasteiger partial charge in [0.05, 0.1) is 0 Å². The Hall–Kier alpha value is -0.910. The Labute approximate surface area is 155 Å². The maximum absolute atomic E-state index is 10.8. The molecule has 0 bridgehead atoms. The first kappa shape index (κ1) is 22.1. The molecule has 23 heavy (non-hydrogen) atoms. The predicted octanol–water partition coefficient (Wildman–Crippen LogP) is 5.00. The van der Waals surface area contributed by atoms with Crippen LogP contribution in [0.25, 0.3) is 0 Å². The van der Waals surface area contributed by atoms with Crippen molar-refractivity contribution in [2.24, 2.45) is 0 Å². The summed E-state index contributed by atoms with van der Waals surface area (Å²) in [7, 11) is 0. The van der Waals surface area contributed by atoms with Gasteiger partial charge in [0.25, 0.3) is 0 Å². The van der Waals surface area contributed by atoms with Gasteiger partial charge in [0, 0.05) is 0 Å². The Morgan fingerprint density at radius 2 is 1.13 bits per heavy atom. The van der Waals surface area contributed by atoms with Crippen molar-refractivity contribution >= 4 is 22.6 Å². The molecule has 0 heterocycles. The highest BCUT2D eigenvalue weighted by molar-refractivity contribution is 14.1. The van der Waals surface area contributed by atoms with Gasteiger partial charge >= 0.3 is 0 Å². The highest BCUT2D eigenvalue weighted by Crippen LogP contribution is 2.32. The van der Waals surface area contributed by atoms with Crippen molar-refractivity contribution in [1.29, 1.82) is 0 Å². The number of aliphatic hydroxyl groups is 1. The van der Waals surface area contributed by atoms with Gasteiger partial charge < -0.3 is 10.4 Å². The molecule has 0 unspecified atom stereocenters. The van der Waals surface area contributed by atoms with E-state index in [1.165, 1.54) is 0 Å². The fraction of sp³-hybridized carbons (Fsp3) is 0.400. The van der Waals surface area contributed by atoms with Crippen LogP contribution >= 0.6 is 22.6 Å². The van der Waals surface area contributed by atoms with Crippen molar-refractivity contribution in [3.8, 4) is 0 Å². The number of nitrogens with one attached hydrogen (secondary N) is 1. The summed E-state index contributed by atoms with van der Waals surface area (Å²) in [6.45, 7) is 8.39. The second-order valence-corrected chi connectivity index (χ2v) is 4.90. The molecule has 0 aliphatic heterocycles. The van der Waals surface area contributed by atoms with E-state index in [1.54, 1.807) is 0 Å². The first-order valence-electron chi connectivity index (χ1n) is 8.10. The maximum atomic E-state index is 10.8. The molecule has 0 fully saturated rings. The summed E-state index contributed by atoms with van der Waals surface area (Å²) in [5, 5.41) is 13.9. The summed E-state index contributed by atoms with van der Waals surface area (Å²) >= 11 is 2.15. The predicted molar refractivity (Wildman–Crippen MR) is 110 cm³/mol. The largest absolute Gasteiger partial charge is 0.380 e. The Balaban J connectivity index is 0.000000594. The fourth-order valence-corrected chi connectivity index (χ4v) is 2.25. The average Bonchev–Trinajstić information content (AvgIpc) is 2.65. The van der Waals surface area contributed by atoms with Crippen molar-refractivity contribution in [3.63, 3.8) is 0 Å². The van der Waals surface area contributed by atoms with Gasteiger partial charge in [-0.1, -0.05) is 104 Å². The number of alkyl halides is 1. The van der Waals surface area contributed by atoms with Gasteiger partial charge in [0.1, 0.15) is 5.60 Å². The Kier molecular flexibility index (Phi) is 13.0. The quantitative estimate of drug-likeness (QED) is 0.520. The van der Waals surface area contributed by atoms with Gasteiger partial charge in [-0.2, -0.15) is 0 Å². The smallest absolute Gasteiger partial charge is 0.114 e. The van der Waals surface area contributed by atoms with Crippen LogP contribution in [0.4, 0.5) is 0 Å². The van der Waals surface area contributed by atoms with Crippen LogP contribution < -0.4 is 5.32 Å². The molecule has 0 spiro atoms. The lowest BCUT2D eigenvalue weighted by Gasteiger charge is -2.28. The van der Waals surface area contributed by atoms with Crippen LogP contribution in [-0.4, -0.2) is 23.1 Å². The number of benzene rings is 2. The van der Waals surface area contributed by atoms with E-state index in [-0.39, 0.29) is 0 Å². The molecule has 0 saturated carbocycles. The average molecular weight is 427 g/mol. The van der Waals surface area contributed by atoms with Gasteiger partial charge in [0.2, 0.25) is 0 Å². The molecule has 0 amide bonds. The fourth-order valence-electron chi connectivity index (χ4n) is 2.25. The number of hydrogen-bond acceptors (Lipinski definition) is 2. The molecule has 2 rings (SSSR count). The Morgan fingerprint density at radius 1 is 0.783 bits per heavy atom. The zero-order chi connectivity index (χ0) is 17.6. The summed E-state index contributed by atoms with van der Waals surface area (Å²) in [4.78, 5) is 1.97. The summed E-state index contributed by atoms with van der Waals surface area (Å²) in [5.74, 6) is 0. The summed E-state index contributed by atoms with van der Waals surface area (Å²) in [6.07, 6.45) is 0.668. The lowest BCUT2D eigenvalue weighted by molar-refractivity contribution is 0.0765.